The molecule has 1 spiro atoms. The molecule has 1 aromatic carbocycles. The molecule has 9 heteroatoms. The molecule has 4 aliphatic heterocycles. The van der Waals surface area contributed by atoms with Gasteiger partial charge in [-0.1, -0.05) is 5.18 Å². The lowest BCUT2D eigenvalue weighted by Gasteiger charge is -2.46. The number of hydrogen-bond acceptors (Lipinski definition) is 8. The number of fused-ring (bicyclic) bond motifs is 3. The normalized spacial score (nSPS) is 31.4. The maximum absolute atomic E-state index is 13.4. The number of hydrogen-bond donors (Lipinski definition) is 2. The first kappa shape index (κ1) is 25.7. The molecule has 9 nitrogen and oxygen atoms in total. The molecule has 2 saturated heterocycles. The van der Waals surface area contributed by atoms with Crippen molar-refractivity contribution in [3.63, 3.8) is 0 Å². The van der Waals surface area contributed by atoms with E-state index < -0.39 is 17.9 Å². The van der Waals surface area contributed by atoms with Crippen molar-refractivity contribution in [2.24, 2.45) is 27.9 Å². The topological polar surface area (TPSA) is 107 Å². The monoisotopic (exact) mass is 523 g/mol. The molecule has 1 saturated carbocycles. The SMILES string of the molecule is CC1=NC2CC(CN3CCC(C(=O)N4CCC5(CC4)CC(N=O)c4cc(NC(C)O)ccc4O5)CC3)C1C2. The predicted octanol–water partition coefficient (Wildman–Crippen LogP) is 3.97. The maximum Gasteiger partial charge on any atom is 0.225 e. The number of carbonyl (C=O) groups excluding carboxylic acids is 1. The largest absolute Gasteiger partial charge is 0.487 e. The van der Waals surface area contributed by atoms with Gasteiger partial charge >= 0.3 is 0 Å². The first-order valence-corrected chi connectivity index (χ1v) is 14.5. The number of anilines is 1. The number of benzene rings is 1. The number of aliphatic hydroxyl groups excluding tert-OH is 1. The molecular weight excluding hydrogens is 482 g/mol. The van der Waals surface area contributed by atoms with Crippen molar-refractivity contribution in [2.75, 3.05) is 38.0 Å². The van der Waals surface area contributed by atoms with Crippen LogP contribution in [-0.2, 0) is 4.79 Å². The number of amides is 1. The summed E-state index contributed by atoms with van der Waals surface area (Å²) in [5.74, 6) is 2.51. The highest BCUT2D eigenvalue weighted by atomic mass is 16.5. The highest BCUT2D eigenvalue weighted by molar-refractivity contribution is 5.87. The van der Waals surface area contributed by atoms with E-state index in [4.69, 9.17) is 9.73 Å². The second-order valence-electron chi connectivity index (χ2n) is 12.3. The minimum atomic E-state index is -0.692. The number of aliphatic hydroxyl groups is 1. The molecule has 1 aromatic rings. The third-order valence-corrected chi connectivity index (χ3v) is 9.77. The molecule has 5 unspecified atom stereocenters. The van der Waals surface area contributed by atoms with Gasteiger partial charge in [0.2, 0.25) is 5.91 Å². The molecule has 4 heterocycles. The number of nitroso groups, excluding NO2 is 1. The van der Waals surface area contributed by atoms with Gasteiger partial charge in [-0.15, -0.1) is 0 Å². The van der Waals surface area contributed by atoms with Gasteiger partial charge in [0.05, 0.1) is 6.04 Å². The Morgan fingerprint density at radius 1 is 1.24 bits per heavy atom. The zero-order chi connectivity index (χ0) is 26.4. The number of carbonyl (C=O) groups is 1. The van der Waals surface area contributed by atoms with Crippen LogP contribution in [0.25, 0.3) is 0 Å². The lowest BCUT2D eigenvalue weighted by atomic mass is 9.80. The number of ether oxygens (including phenoxy) is 1. The molecule has 5 atom stereocenters. The fraction of sp³-hybridized carbons (Fsp3) is 0.724. The lowest BCUT2D eigenvalue weighted by Crippen LogP contribution is -2.53. The predicted molar refractivity (Wildman–Crippen MR) is 146 cm³/mol. The van der Waals surface area contributed by atoms with E-state index in [0.29, 0.717) is 50.1 Å². The molecule has 0 radical (unpaired) electrons. The Kier molecular flexibility index (Phi) is 6.93. The van der Waals surface area contributed by atoms with E-state index in [9.17, 15) is 14.8 Å². The zero-order valence-corrected chi connectivity index (χ0v) is 22.6. The van der Waals surface area contributed by atoms with Crippen molar-refractivity contribution in [2.45, 2.75) is 82.7 Å². The fourth-order valence-electron chi connectivity index (χ4n) is 7.76. The van der Waals surface area contributed by atoms with Crippen molar-refractivity contribution in [1.29, 1.82) is 0 Å². The third kappa shape index (κ3) is 4.95. The second kappa shape index (κ2) is 10.2. The average Bonchev–Trinajstić information content (AvgIpc) is 3.47. The molecular formula is C29H41N5O4. The summed E-state index contributed by atoms with van der Waals surface area (Å²) in [7, 11) is 0. The van der Waals surface area contributed by atoms with Gasteiger partial charge in [0, 0.05) is 67.7 Å². The molecule has 2 N–H and O–H groups in total. The van der Waals surface area contributed by atoms with Crippen molar-refractivity contribution in [3.8, 4) is 5.75 Å². The molecule has 2 bridgehead atoms. The summed E-state index contributed by atoms with van der Waals surface area (Å²) in [4.78, 5) is 34.6. The molecule has 1 amide bonds. The second-order valence-corrected chi connectivity index (χ2v) is 12.3. The van der Waals surface area contributed by atoms with Crippen LogP contribution in [-0.4, -0.2) is 77.1 Å². The van der Waals surface area contributed by atoms with Crippen LogP contribution in [0.1, 0.15) is 70.4 Å². The van der Waals surface area contributed by atoms with Gasteiger partial charge in [-0.05, 0) is 76.7 Å². The van der Waals surface area contributed by atoms with Crippen molar-refractivity contribution < 1.29 is 14.6 Å². The van der Waals surface area contributed by atoms with E-state index >= 15 is 0 Å². The number of nitrogens with zero attached hydrogens (tertiary/aromatic N) is 4. The van der Waals surface area contributed by atoms with Crippen molar-refractivity contribution >= 4 is 17.3 Å². The Bertz CT molecular complexity index is 1090. The molecule has 0 aromatic heterocycles. The van der Waals surface area contributed by atoms with E-state index in [1.165, 1.54) is 18.6 Å². The molecule has 206 valence electrons. The number of nitrogens with one attached hydrogen (secondary N) is 1. The van der Waals surface area contributed by atoms with Crippen LogP contribution >= 0.6 is 0 Å². The summed E-state index contributed by atoms with van der Waals surface area (Å²) >= 11 is 0. The molecule has 38 heavy (non-hydrogen) atoms. The van der Waals surface area contributed by atoms with E-state index in [0.717, 1.165) is 49.6 Å². The van der Waals surface area contributed by atoms with Crippen LogP contribution in [0.5, 0.6) is 5.75 Å². The Balaban J connectivity index is 1.01. The summed E-state index contributed by atoms with van der Waals surface area (Å²) in [6.45, 7) is 8.34. The first-order valence-electron chi connectivity index (χ1n) is 14.5. The van der Waals surface area contributed by atoms with Crippen LogP contribution in [0.4, 0.5) is 5.69 Å². The van der Waals surface area contributed by atoms with E-state index in [-0.39, 0.29) is 11.8 Å². The van der Waals surface area contributed by atoms with Gasteiger partial charge in [-0.3, -0.25) is 9.79 Å². The Labute approximate surface area is 225 Å². The number of piperidine rings is 2. The minimum absolute atomic E-state index is 0.112. The summed E-state index contributed by atoms with van der Waals surface area (Å²) < 4.78 is 6.49. The van der Waals surface area contributed by atoms with Crippen LogP contribution in [0.3, 0.4) is 0 Å². The standard InChI is InChI=1S/C29H41N5O4/c1-18-24-15-23(30-18)13-21(24)17-33-9-5-20(6-10-33)28(36)34-11-7-29(8-12-34)16-26(32-37)25-14-22(31-19(2)35)3-4-27(25)38-29/h3-4,14,19-21,23-24,26,31,35H,5-13,15-17H2,1-2H3. The summed E-state index contributed by atoms with van der Waals surface area (Å²) in [6, 6.07) is 5.62. The molecule has 3 fully saturated rings. The number of aliphatic imine (C=N–C) groups is 1. The van der Waals surface area contributed by atoms with Crippen LogP contribution in [0, 0.1) is 22.7 Å². The maximum atomic E-state index is 13.4. The summed E-state index contributed by atoms with van der Waals surface area (Å²) in [5, 5.41) is 16.0. The quantitative estimate of drug-likeness (QED) is 0.432. The lowest BCUT2D eigenvalue weighted by molar-refractivity contribution is -0.141. The molecule has 5 aliphatic rings. The summed E-state index contributed by atoms with van der Waals surface area (Å²) in [6.07, 6.45) is 5.63. The number of likely N-dealkylation sites (tertiary alicyclic amines) is 2. The van der Waals surface area contributed by atoms with Crippen LogP contribution in [0.15, 0.2) is 28.4 Å². The van der Waals surface area contributed by atoms with Gasteiger partial charge in [0.1, 0.15) is 23.6 Å². The number of rotatable bonds is 6. The highest BCUT2D eigenvalue weighted by Crippen LogP contribution is 2.47. The van der Waals surface area contributed by atoms with E-state index in [1.54, 1.807) is 6.92 Å². The minimum Gasteiger partial charge on any atom is -0.487 e. The fourth-order valence-corrected chi connectivity index (χ4v) is 7.76. The summed E-state index contributed by atoms with van der Waals surface area (Å²) in [5.41, 5.74) is 2.39. The van der Waals surface area contributed by atoms with Crippen LogP contribution < -0.4 is 10.1 Å². The molecule has 6 rings (SSSR count). The van der Waals surface area contributed by atoms with Gasteiger partial charge < -0.3 is 25.0 Å². The smallest absolute Gasteiger partial charge is 0.225 e. The highest BCUT2D eigenvalue weighted by Gasteiger charge is 2.46. The Morgan fingerprint density at radius 2 is 2.00 bits per heavy atom. The van der Waals surface area contributed by atoms with Crippen molar-refractivity contribution in [1.82, 2.24) is 9.80 Å². The van der Waals surface area contributed by atoms with Gasteiger partial charge in [0.25, 0.3) is 0 Å². The Hall–Kier alpha value is -2.52. The van der Waals surface area contributed by atoms with Gasteiger partial charge in [-0.2, -0.15) is 4.91 Å². The van der Waals surface area contributed by atoms with Gasteiger partial charge in [0.15, 0.2) is 0 Å². The zero-order valence-electron chi connectivity index (χ0n) is 22.6. The van der Waals surface area contributed by atoms with Gasteiger partial charge in [-0.25, -0.2) is 0 Å². The van der Waals surface area contributed by atoms with Crippen molar-refractivity contribution in [3.05, 3.63) is 28.7 Å². The van der Waals surface area contributed by atoms with E-state index in [2.05, 4.69) is 22.3 Å². The third-order valence-electron chi connectivity index (χ3n) is 9.77. The molecule has 1 aliphatic carbocycles. The average molecular weight is 524 g/mol. The van der Waals surface area contributed by atoms with E-state index in [1.807, 2.05) is 23.1 Å². The van der Waals surface area contributed by atoms with Crippen LogP contribution in [0.2, 0.25) is 0 Å². The Morgan fingerprint density at radius 3 is 2.66 bits per heavy atom. The first-order chi connectivity index (χ1) is 18.3.